The van der Waals surface area contributed by atoms with E-state index in [1.165, 1.54) is 11.3 Å². The summed E-state index contributed by atoms with van der Waals surface area (Å²) in [5.74, 6) is 0.286. The Hall–Kier alpha value is -2.29. The van der Waals surface area contributed by atoms with Crippen LogP contribution >= 0.6 is 0 Å². The number of benzene rings is 2. The molecule has 0 unspecified atom stereocenters. The second-order valence-corrected chi connectivity index (χ2v) is 5.35. The van der Waals surface area contributed by atoms with Gasteiger partial charge in [0.2, 0.25) is 0 Å². The van der Waals surface area contributed by atoms with Crippen LogP contribution in [-0.2, 0) is 16.1 Å². The second kappa shape index (κ2) is 6.44. The molecule has 1 aliphatic heterocycles. The summed E-state index contributed by atoms with van der Waals surface area (Å²) in [5, 5.41) is 3.38. The Morgan fingerprint density at radius 3 is 2.71 bits per heavy atom. The summed E-state index contributed by atoms with van der Waals surface area (Å²) in [6, 6.07) is 18.1. The smallest absolute Gasteiger partial charge is 0.306 e. The minimum Gasteiger partial charge on any atom is -0.461 e. The van der Waals surface area contributed by atoms with Gasteiger partial charge in [-0.05, 0) is 23.6 Å². The lowest BCUT2D eigenvalue weighted by molar-refractivity contribution is -0.145. The molecule has 1 aliphatic rings. The molecule has 0 aromatic heterocycles. The van der Waals surface area contributed by atoms with E-state index in [9.17, 15) is 4.79 Å². The van der Waals surface area contributed by atoms with Gasteiger partial charge in [0.05, 0.1) is 0 Å². The summed E-state index contributed by atoms with van der Waals surface area (Å²) in [6.45, 7) is 1.27. The lowest BCUT2D eigenvalue weighted by atomic mass is 9.96. The highest BCUT2D eigenvalue weighted by molar-refractivity contribution is 5.69. The van der Waals surface area contributed by atoms with E-state index in [0.29, 0.717) is 18.9 Å². The van der Waals surface area contributed by atoms with Crippen LogP contribution in [0.1, 0.15) is 29.9 Å². The number of rotatable bonds is 5. The van der Waals surface area contributed by atoms with Crippen molar-refractivity contribution in [1.82, 2.24) is 0 Å². The number of anilines is 1. The molecule has 2 aromatic carbocycles. The molecule has 1 atom stereocenters. The van der Waals surface area contributed by atoms with E-state index < -0.39 is 0 Å². The molecule has 0 aliphatic carbocycles. The van der Waals surface area contributed by atoms with E-state index in [1.807, 2.05) is 42.5 Å². The maximum Gasteiger partial charge on any atom is 0.306 e. The van der Waals surface area contributed by atoms with Gasteiger partial charge in [-0.15, -0.1) is 0 Å². The third kappa shape index (κ3) is 3.43. The molecule has 0 saturated carbocycles. The maximum atomic E-state index is 11.8. The molecule has 3 nitrogen and oxygen atoms in total. The van der Waals surface area contributed by atoms with Crippen LogP contribution in [0.5, 0.6) is 0 Å². The lowest BCUT2D eigenvalue weighted by Crippen LogP contribution is -2.08. The number of fused-ring (bicyclic) bond motifs is 1. The summed E-state index contributed by atoms with van der Waals surface area (Å²) in [6.07, 6.45) is 1.30. The van der Waals surface area contributed by atoms with Crippen LogP contribution in [0.25, 0.3) is 0 Å². The maximum absolute atomic E-state index is 11.8. The first-order valence-electron chi connectivity index (χ1n) is 7.35. The SMILES string of the molecule is O=C(CC[C@@H]1CNc2ccccc21)OCc1ccccc1. The van der Waals surface area contributed by atoms with Crippen molar-refractivity contribution in [3.05, 3.63) is 65.7 Å². The van der Waals surface area contributed by atoms with Crippen molar-refractivity contribution in [1.29, 1.82) is 0 Å². The van der Waals surface area contributed by atoms with E-state index in [2.05, 4.69) is 17.4 Å². The Kier molecular flexibility index (Phi) is 4.20. The van der Waals surface area contributed by atoms with E-state index >= 15 is 0 Å². The number of carbonyl (C=O) groups is 1. The normalized spacial score (nSPS) is 16.1. The van der Waals surface area contributed by atoms with Gasteiger partial charge in [0, 0.05) is 24.6 Å². The summed E-state index contributed by atoms with van der Waals surface area (Å²) in [4.78, 5) is 11.8. The molecule has 0 spiro atoms. The van der Waals surface area contributed by atoms with Crippen LogP contribution in [-0.4, -0.2) is 12.5 Å². The number of nitrogens with one attached hydrogen (secondary N) is 1. The standard InChI is InChI=1S/C18H19NO2/c20-18(21-13-14-6-2-1-3-7-14)11-10-15-12-19-17-9-5-4-8-16(15)17/h1-9,15,19H,10-13H2/t15-/m1/s1. The average Bonchev–Trinajstić information content (AvgIpc) is 2.95. The highest BCUT2D eigenvalue weighted by Crippen LogP contribution is 2.33. The molecule has 1 N–H and O–H groups in total. The van der Waals surface area contributed by atoms with E-state index in [-0.39, 0.29) is 5.97 Å². The number of esters is 1. The number of para-hydroxylation sites is 1. The van der Waals surface area contributed by atoms with E-state index in [1.54, 1.807) is 0 Å². The van der Waals surface area contributed by atoms with Crippen LogP contribution in [0.2, 0.25) is 0 Å². The second-order valence-electron chi connectivity index (χ2n) is 5.35. The zero-order chi connectivity index (χ0) is 14.5. The van der Waals surface area contributed by atoms with Gasteiger partial charge in [0.25, 0.3) is 0 Å². The molecule has 0 radical (unpaired) electrons. The first kappa shape index (κ1) is 13.7. The Morgan fingerprint density at radius 2 is 1.86 bits per heavy atom. The molecular formula is C18H19NO2. The number of hydrogen-bond donors (Lipinski definition) is 1. The van der Waals surface area contributed by atoms with Crippen LogP contribution < -0.4 is 5.32 Å². The van der Waals surface area contributed by atoms with Gasteiger partial charge in [-0.1, -0.05) is 48.5 Å². The summed E-state index contributed by atoms with van der Waals surface area (Å²) in [7, 11) is 0. The molecule has 3 rings (SSSR count). The van der Waals surface area contributed by atoms with Gasteiger partial charge >= 0.3 is 5.97 Å². The fourth-order valence-corrected chi connectivity index (χ4v) is 2.72. The predicted molar refractivity (Wildman–Crippen MR) is 83.1 cm³/mol. The molecule has 21 heavy (non-hydrogen) atoms. The zero-order valence-electron chi connectivity index (χ0n) is 11.9. The molecule has 3 heteroatoms. The van der Waals surface area contributed by atoms with Gasteiger partial charge < -0.3 is 10.1 Å². The Bertz CT molecular complexity index is 610. The molecule has 0 fully saturated rings. The molecule has 1 heterocycles. The first-order chi connectivity index (χ1) is 10.3. The Labute approximate surface area is 124 Å². The Morgan fingerprint density at radius 1 is 1.10 bits per heavy atom. The van der Waals surface area contributed by atoms with Gasteiger partial charge in [-0.2, -0.15) is 0 Å². The fourth-order valence-electron chi connectivity index (χ4n) is 2.72. The number of hydrogen-bond acceptors (Lipinski definition) is 3. The largest absolute Gasteiger partial charge is 0.461 e. The minimum absolute atomic E-state index is 0.122. The summed E-state index contributed by atoms with van der Waals surface area (Å²) in [5.41, 5.74) is 3.53. The van der Waals surface area contributed by atoms with Crippen molar-refractivity contribution in [2.24, 2.45) is 0 Å². The lowest BCUT2D eigenvalue weighted by Gasteiger charge is -2.10. The number of ether oxygens (including phenoxy) is 1. The van der Waals surface area contributed by atoms with Crippen LogP contribution in [0.4, 0.5) is 5.69 Å². The van der Waals surface area contributed by atoms with Gasteiger partial charge in [-0.25, -0.2) is 0 Å². The van der Waals surface area contributed by atoms with Crippen molar-refractivity contribution < 1.29 is 9.53 Å². The van der Waals surface area contributed by atoms with Crippen LogP contribution in [0.15, 0.2) is 54.6 Å². The fraction of sp³-hybridized carbons (Fsp3) is 0.278. The van der Waals surface area contributed by atoms with Crippen LogP contribution in [0.3, 0.4) is 0 Å². The number of carbonyl (C=O) groups excluding carboxylic acids is 1. The van der Waals surface area contributed by atoms with E-state index in [0.717, 1.165) is 18.5 Å². The van der Waals surface area contributed by atoms with Crippen molar-refractivity contribution >= 4 is 11.7 Å². The Balaban J connectivity index is 1.47. The van der Waals surface area contributed by atoms with Crippen LogP contribution in [0, 0.1) is 0 Å². The third-order valence-corrected chi connectivity index (χ3v) is 3.88. The molecule has 0 saturated heterocycles. The highest BCUT2D eigenvalue weighted by Gasteiger charge is 2.22. The molecule has 108 valence electrons. The zero-order valence-corrected chi connectivity index (χ0v) is 11.9. The van der Waals surface area contributed by atoms with Crippen molar-refractivity contribution in [2.75, 3.05) is 11.9 Å². The third-order valence-electron chi connectivity index (χ3n) is 3.88. The highest BCUT2D eigenvalue weighted by atomic mass is 16.5. The molecule has 0 amide bonds. The van der Waals surface area contributed by atoms with E-state index in [4.69, 9.17) is 4.74 Å². The molecule has 0 bridgehead atoms. The quantitative estimate of drug-likeness (QED) is 0.849. The van der Waals surface area contributed by atoms with Crippen molar-refractivity contribution in [2.45, 2.75) is 25.4 Å². The predicted octanol–water partition coefficient (Wildman–Crippen LogP) is 3.72. The average molecular weight is 281 g/mol. The summed E-state index contributed by atoms with van der Waals surface area (Å²) < 4.78 is 5.32. The topological polar surface area (TPSA) is 38.3 Å². The summed E-state index contributed by atoms with van der Waals surface area (Å²) >= 11 is 0. The van der Waals surface area contributed by atoms with Gasteiger partial charge in [-0.3, -0.25) is 4.79 Å². The molecule has 2 aromatic rings. The van der Waals surface area contributed by atoms with Crippen molar-refractivity contribution in [3.8, 4) is 0 Å². The van der Waals surface area contributed by atoms with Crippen molar-refractivity contribution in [3.63, 3.8) is 0 Å². The first-order valence-corrected chi connectivity index (χ1v) is 7.35. The molecular weight excluding hydrogens is 262 g/mol. The van der Waals surface area contributed by atoms with Gasteiger partial charge in [0.1, 0.15) is 6.61 Å². The van der Waals surface area contributed by atoms with Gasteiger partial charge in [0.15, 0.2) is 0 Å². The monoisotopic (exact) mass is 281 g/mol. The minimum atomic E-state index is -0.122.